The van der Waals surface area contributed by atoms with Crippen LogP contribution in [0.3, 0.4) is 0 Å². The van der Waals surface area contributed by atoms with Gasteiger partial charge in [-0.3, -0.25) is 0 Å². The van der Waals surface area contributed by atoms with Crippen LogP contribution in [0.1, 0.15) is 26.7 Å². The summed E-state index contributed by atoms with van der Waals surface area (Å²) in [6.45, 7) is 4.67. The summed E-state index contributed by atoms with van der Waals surface area (Å²) in [5.74, 6) is 1.97. The van der Waals surface area contributed by atoms with Crippen LogP contribution in [-0.4, -0.2) is 11.5 Å². The van der Waals surface area contributed by atoms with Gasteiger partial charge in [0.1, 0.15) is 0 Å². The Bertz CT molecular complexity index is 82.6. The first-order valence-corrected chi connectivity index (χ1v) is 5.05. The fraction of sp³-hybridized carbons (Fsp3) is 1.00. The molecule has 0 heterocycles. The zero-order valence-corrected chi connectivity index (χ0v) is 7.37. The maximum atomic E-state index is 2.33. The minimum atomic E-state index is 0.924. The third kappa shape index (κ3) is 1.64. The molecule has 1 fully saturated rings. The van der Waals surface area contributed by atoms with Crippen molar-refractivity contribution in [3.63, 3.8) is 0 Å². The highest BCUT2D eigenvalue weighted by Crippen LogP contribution is 2.39. The average Bonchev–Trinajstić information content (AvgIpc) is 1.61. The van der Waals surface area contributed by atoms with Gasteiger partial charge in [0.05, 0.1) is 0 Å². The molecule has 0 radical (unpaired) electrons. The predicted octanol–water partition coefficient (Wildman–Crippen LogP) is 2.78. The molecular weight excluding hydrogens is 128 g/mol. The lowest BCUT2D eigenvalue weighted by Crippen LogP contribution is -2.29. The number of rotatable bonds is 2. The molecule has 0 spiro atoms. The molecule has 0 aromatic heterocycles. The number of thioether (sulfide) groups is 1. The predicted molar refractivity (Wildman–Crippen MR) is 44.9 cm³/mol. The third-order valence-electron chi connectivity index (χ3n) is 2.41. The summed E-state index contributed by atoms with van der Waals surface area (Å²) < 4.78 is 0. The Hall–Kier alpha value is 0.350. The lowest BCUT2D eigenvalue weighted by molar-refractivity contribution is 0.245. The van der Waals surface area contributed by atoms with E-state index in [4.69, 9.17) is 0 Å². The quantitative estimate of drug-likeness (QED) is 0.574. The maximum absolute atomic E-state index is 2.33. The van der Waals surface area contributed by atoms with E-state index in [2.05, 4.69) is 20.1 Å². The van der Waals surface area contributed by atoms with Gasteiger partial charge < -0.3 is 0 Å². The monoisotopic (exact) mass is 144 g/mol. The van der Waals surface area contributed by atoms with Crippen LogP contribution >= 0.6 is 11.8 Å². The van der Waals surface area contributed by atoms with Crippen molar-refractivity contribution in [3.05, 3.63) is 0 Å². The van der Waals surface area contributed by atoms with E-state index in [0.29, 0.717) is 0 Å². The van der Waals surface area contributed by atoms with Crippen molar-refractivity contribution in [2.24, 2.45) is 11.8 Å². The van der Waals surface area contributed by atoms with E-state index in [1.54, 1.807) is 0 Å². The first-order chi connectivity index (χ1) is 4.24. The van der Waals surface area contributed by atoms with Gasteiger partial charge in [-0.15, -0.1) is 0 Å². The van der Waals surface area contributed by atoms with Crippen molar-refractivity contribution in [2.45, 2.75) is 31.9 Å². The van der Waals surface area contributed by atoms with E-state index < -0.39 is 0 Å². The molecule has 0 atom stereocenters. The number of hydrogen-bond donors (Lipinski definition) is 0. The van der Waals surface area contributed by atoms with E-state index in [1.807, 2.05) is 11.8 Å². The molecule has 0 N–H and O–H groups in total. The smallest absolute Gasteiger partial charge is 0.00497 e. The van der Waals surface area contributed by atoms with Crippen LogP contribution < -0.4 is 0 Å². The van der Waals surface area contributed by atoms with E-state index in [1.165, 1.54) is 12.8 Å². The van der Waals surface area contributed by atoms with E-state index >= 15 is 0 Å². The van der Waals surface area contributed by atoms with Crippen LogP contribution in [0.15, 0.2) is 0 Å². The molecule has 1 rings (SSSR count). The van der Waals surface area contributed by atoms with E-state index in [0.717, 1.165) is 17.1 Å². The van der Waals surface area contributed by atoms with Gasteiger partial charge in [0.25, 0.3) is 0 Å². The lowest BCUT2D eigenvalue weighted by Gasteiger charge is -2.36. The standard InChI is InChI=1S/C8H16S/c1-6(2)7-4-8(5-7)9-3/h6-8H,4-5H2,1-3H3. The first kappa shape index (κ1) is 7.46. The molecular formula is C8H16S. The average molecular weight is 144 g/mol. The molecule has 0 aromatic rings. The van der Waals surface area contributed by atoms with Crippen LogP contribution in [-0.2, 0) is 0 Å². The highest BCUT2D eigenvalue weighted by atomic mass is 32.2. The Morgan fingerprint density at radius 2 is 1.89 bits per heavy atom. The largest absolute Gasteiger partial charge is 0.162 e. The molecule has 0 aliphatic heterocycles. The molecule has 0 unspecified atom stereocenters. The van der Waals surface area contributed by atoms with Crippen LogP contribution in [0.25, 0.3) is 0 Å². The second-order valence-corrected chi connectivity index (χ2v) is 4.47. The SMILES string of the molecule is CSC1CC(C(C)C)C1. The topological polar surface area (TPSA) is 0 Å². The molecule has 0 aromatic carbocycles. The minimum absolute atomic E-state index is 0.924. The summed E-state index contributed by atoms with van der Waals surface area (Å²) in [7, 11) is 0. The zero-order chi connectivity index (χ0) is 6.85. The van der Waals surface area contributed by atoms with E-state index in [-0.39, 0.29) is 0 Å². The van der Waals surface area contributed by atoms with Gasteiger partial charge in [-0.1, -0.05) is 13.8 Å². The molecule has 0 amide bonds. The van der Waals surface area contributed by atoms with Crippen molar-refractivity contribution < 1.29 is 0 Å². The van der Waals surface area contributed by atoms with Gasteiger partial charge in [-0.2, -0.15) is 11.8 Å². The zero-order valence-electron chi connectivity index (χ0n) is 6.55. The van der Waals surface area contributed by atoms with Crippen LogP contribution in [0, 0.1) is 11.8 Å². The fourth-order valence-corrected chi connectivity index (χ4v) is 2.22. The second-order valence-electron chi connectivity index (χ2n) is 3.33. The highest BCUT2D eigenvalue weighted by molar-refractivity contribution is 7.99. The summed E-state index contributed by atoms with van der Waals surface area (Å²) in [6.07, 6.45) is 5.17. The van der Waals surface area contributed by atoms with Gasteiger partial charge in [0.15, 0.2) is 0 Å². The highest BCUT2D eigenvalue weighted by Gasteiger charge is 2.29. The van der Waals surface area contributed by atoms with Crippen molar-refractivity contribution >= 4 is 11.8 Å². The number of hydrogen-bond acceptors (Lipinski definition) is 1. The summed E-state index contributed by atoms with van der Waals surface area (Å²) in [4.78, 5) is 0. The Balaban J connectivity index is 2.12. The summed E-state index contributed by atoms with van der Waals surface area (Å²) in [5, 5.41) is 0.998. The van der Waals surface area contributed by atoms with Crippen molar-refractivity contribution in [1.29, 1.82) is 0 Å². The summed E-state index contributed by atoms with van der Waals surface area (Å²) in [5.41, 5.74) is 0. The maximum Gasteiger partial charge on any atom is 0.00497 e. The van der Waals surface area contributed by atoms with Crippen molar-refractivity contribution in [3.8, 4) is 0 Å². The van der Waals surface area contributed by atoms with Gasteiger partial charge in [-0.05, 0) is 30.9 Å². The second kappa shape index (κ2) is 2.96. The lowest BCUT2D eigenvalue weighted by atomic mass is 9.77. The molecule has 9 heavy (non-hydrogen) atoms. The summed E-state index contributed by atoms with van der Waals surface area (Å²) in [6, 6.07) is 0. The Morgan fingerprint density at radius 3 is 2.22 bits per heavy atom. The molecule has 1 saturated carbocycles. The molecule has 0 bridgehead atoms. The molecule has 1 aliphatic rings. The van der Waals surface area contributed by atoms with E-state index in [9.17, 15) is 0 Å². The Labute approximate surface area is 62.4 Å². The van der Waals surface area contributed by atoms with Crippen LogP contribution in [0.5, 0.6) is 0 Å². The molecule has 0 saturated heterocycles. The molecule has 54 valence electrons. The fourth-order valence-electron chi connectivity index (χ4n) is 1.34. The van der Waals surface area contributed by atoms with Gasteiger partial charge in [-0.25, -0.2) is 0 Å². The Kier molecular flexibility index (Phi) is 2.45. The molecule has 1 heteroatoms. The van der Waals surface area contributed by atoms with Crippen molar-refractivity contribution in [2.75, 3.05) is 6.26 Å². The minimum Gasteiger partial charge on any atom is -0.162 e. The van der Waals surface area contributed by atoms with Gasteiger partial charge in [0.2, 0.25) is 0 Å². The Morgan fingerprint density at radius 1 is 1.33 bits per heavy atom. The van der Waals surface area contributed by atoms with Gasteiger partial charge in [0, 0.05) is 5.25 Å². The first-order valence-electron chi connectivity index (χ1n) is 3.76. The van der Waals surface area contributed by atoms with Crippen LogP contribution in [0.4, 0.5) is 0 Å². The molecule has 0 nitrogen and oxygen atoms in total. The normalized spacial score (nSPS) is 34.7. The van der Waals surface area contributed by atoms with Gasteiger partial charge >= 0.3 is 0 Å². The third-order valence-corrected chi connectivity index (χ3v) is 3.46. The van der Waals surface area contributed by atoms with Crippen LogP contribution in [0.2, 0.25) is 0 Å². The molecule has 1 aliphatic carbocycles. The summed E-state index contributed by atoms with van der Waals surface area (Å²) >= 11 is 2.03. The van der Waals surface area contributed by atoms with Crippen molar-refractivity contribution in [1.82, 2.24) is 0 Å².